The molecule has 0 aliphatic carbocycles. The van der Waals surface area contributed by atoms with Crippen LogP contribution in [0.1, 0.15) is 5.56 Å². The topological polar surface area (TPSA) is 113 Å². The molecule has 0 unspecified atom stereocenters. The highest BCUT2D eigenvalue weighted by Crippen LogP contribution is 2.21. The molecule has 0 aliphatic rings. The Morgan fingerprint density at radius 2 is 2.00 bits per heavy atom. The fourth-order valence-corrected chi connectivity index (χ4v) is 1.57. The molecule has 1 aromatic carbocycles. The van der Waals surface area contributed by atoms with Crippen molar-refractivity contribution in [3.05, 3.63) is 23.8 Å². The van der Waals surface area contributed by atoms with Crippen LogP contribution in [-0.2, 0) is 16.6 Å². The minimum Gasteiger partial charge on any atom is -0.508 e. The van der Waals surface area contributed by atoms with Gasteiger partial charge < -0.3 is 15.5 Å². The molecule has 90 valence electrons. The summed E-state index contributed by atoms with van der Waals surface area (Å²) in [5.41, 5.74) is 0.576. The number of benzene rings is 1. The van der Waals surface area contributed by atoms with Gasteiger partial charge in [-0.05, 0) is 6.07 Å². The molecule has 0 heterocycles. The van der Waals surface area contributed by atoms with Crippen LogP contribution in [0.4, 0.5) is 0 Å². The van der Waals surface area contributed by atoms with E-state index in [1.165, 1.54) is 12.1 Å². The number of rotatable bonds is 5. The van der Waals surface area contributed by atoms with Gasteiger partial charge in [-0.3, -0.25) is 0 Å². The Kier molecular flexibility index (Phi) is 4.11. The number of nitrogens with one attached hydrogen (secondary N) is 1. The third-order valence-corrected chi connectivity index (χ3v) is 2.72. The number of sulfonamides is 1. The van der Waals surface area contributed by atoms with Crippen molar-refractivity contribution in [1.29, 1.82) is 0 Å². The highest BCUT2D eigenvalue weighted by molar-refractivity contribution is 7.89. The standard InChI is InChI=1S/C9H14N2O4S/c10-16(14,15)4-3-11-6-7-1-2-8(12)5-9(7)13/h1-2,5,11-13H,3-4,6H2,(H2,10,14,15). The van der Waals surface area contributed by atoms with Gasteiger partial charge in [-0.1, -0.05) is 6.07 Å². The predicted octanol–water partition coefficient (Wildman–Crippen LogP) is -0.524. The third-order valence-electron chi connectivity index (χ3n) is 1.95. The summed E-state index contributed by atoms with van der Waals surface area (Å²) in [6.07, 6.45) is 0. The fraction of sp³-hybridized carbons (Fsp3) is 0.333. The zero-order chi connectivity index (χ0) is 12.2. The average molecular weight is 246 g/mol. The molecule has 0 aromatic heterocycles. The zero-order valence-electron chi connectivity index (χ0n) is 8.55. The van der Waals surface area contributed by atoms with Crippen LogP contribution >= 0.6 is 0 Å². The van der Waals surface area contributed by atoms with Gasteiger partial charge in [0.1, 0.15) is 11.5 Å². The molecule has 7 heteroatoms. The summed E-state index contributed by atoms with van der Waals surface area (Å²) < 4.78 is 21.2. The lowest BCUT2D eigenvalue weighted by molar-refractivity contribution is 0.444. The van der Waals surface area contributed by atoms with Gasteiger partial charge in [0.05, 0.1) is 5.75 Å². The maximum absolute atomic E-state index is 10.6. The van der Waals surface area contributed by atoms with Gasteiger partial charge in [-0.15, -0.1) is 0 Å². The summed E-state index contributed by atoms with van der Waals surface area (Å²) in [5, 5.41) is 26.1. The molecular formula is C9H14N2O4S. The highest BCUT2D eigenvalue weighted by Gasteiger charge is 2.04. The first-order chi connectivity index (χ1) is 7.38. The van der Waals surface area contributed by atoms with E-state index >= 15 is 0 Å². The third kappa shape index (κ3) is 4.47. The van der Waals surface area contributed by atoms with E-state index in [9.17, 15) is 13.5 Å². The lowest BCUT2D eigenvalue weighted by Crippen LogP contribution is -2.26. The predicted molar refractivity (Wildman–Crippen MR) is 59.5 cm³/mol. The number of phenolic OH excluding ortho intramolecular Hbond substituents is 2. The molecule has 1 rings (SSSR count). The Hall–Kier alpha value is -1.31. The molecule has 0 radical (unpaired) electrons. The number of hydrogen-bond acceptors (Lipinski definition) is 5. The highest BCUT2D eigenvalue weighted by atomic mass is 32.2. The van der Waals surface area contributed by atoms with Gasteiger partial charge in [-0.2, -0.15) is 0 Å². The molecule has 0 saturated heterocycles. The van der Waals surface area contributed by atoms with E-state index in [0.717, 1.165) is 0 Å². The van der Waals surface area contributed by atoms with Crippen LogP contribution in [0.25, 0.3) is 0 Å². The van der Waals surface area contributed by atoms with E-state index in [-0.39, 0.29) is 23.8 Å². The summed E-state index contributed by atoms with van der Waals surface area (Å²) >= 11 is 0. The SMILES string of the molecule is NS(=O)(=O)CCNCc1ccc(O)cc1O. The van der Waals surface area contributed by atoms with Crippen molar-refractivity contribution in [3.63, 3.8) is 0 Å². The summed E-state index contributed by atoms with van der Waals surface area (Å²) in [6.45, 7) is 0.515. The van der Waals surface area contributed by atoms with Gasteiger partial charge in [0, 0.05) is 24.7 Å². The summed E-state index contributed by atoms with van der Waals surface area (Å²) in [5.74, 6) is -0.222. The zero-order valence-corrected chi connectivity index (χ0v) is 9.37. The molecule has 0 bridgehead atoms. The quantitative estimate of drug-likeness (QED) is 0.522. The first kappa shape index (κ1) is 12.8. The van der Waals surface area contributed by atoms with E-state index < -0.39 is 10.0 Å². The van der Waals surface area contributed by atoms with Crippen LogP contribution in [-0.4, -0.2) is 30.9 Å². The second-order valence-corrected chi connectivity index (χ2v) is 5.09. The molecule has 0 atom stereocenters. The first-order valence-electron chi connectivity index (χ1n) is 4.60. The van der Waals surface area contributed by atoms with Crippen LogP contribution in [0.5, 0.6) is 11.5 Å². The van der Waals surface area contributed by atoms with E-state index in [1.54, 1.807) is 6.07 Å². The van der Waals surface area contributed by atoms with Gasteiger partial charge in [0.2, 0.25) is 10.0 Å². The van der Waals surface area contributed by atoms with E-state index in [0.29, 0.717) is 12.1 Å². The molecule has 0 spiro atoms. The van der Waals surface area contributed by atoms with Gasteiger partial charge in [0.25, 0.3) is 0 Å². The maximum atomic E-state index is 10.6. The number of nitrogens with two attached hydrogens (primary N) is 1. The summed E-state index contributed by atoms with van der Waals surface area (Å²) in [7, 11) is -3.46. The first-order valence-corrected chi connectivity index (χ1v) is 6.32. The molecule has 0 saturated carbocycles. The van der Waals surface area contributed by atoms with Crippen LogP contribution in [0.2, 0.25) is 0 Å². The Morgan fingerprint density at radius 1 is 1.31 bits per heavy atom. The van der Waals surface area contributed by atoms with Crippen molar-refractivity contribution in [2.24, 2.45) is 5.14 Å². The minimum absolute atomic E-state index is 0.0224. The Morgan fingerprint density at radius 3 is 2.56 bits per heavy atom. The molecule has 6 nitrogen and oxygen atoms in total. The van der Waals surface area contributed by atoms with Crippen LogP contribution < -0.4 is 10.5 Å². The van der Waals surface area contributed by atoms with Crippen molar-refractivity contribution < 1.29 is 18.6 Å². The number of phenols is 2. The van der Waals surface area contributed by atoms with Crippen LogP contribution in [0.3, 0.4) is 0 Å². The number of primary sulfonamides is 1. The molecule has 0 aliphatic heterocycles. The molecule has 16 heavy (non-hydrogen) atoms. The minimum atomic E-state index is -3.46. The van der Waals surface area contributed by atoms with E-state index in [1.807, 2.05) is 0 Å². The summed E-state index contributed by atoms with van der Waals surface area (Å²) in [4.78, 5) is 0. The lowest BCUT2D eigenvalue weighted by atomic mass is 10.2. The molecule has 0 amide bonds. The smallest absolute Gasteiger partial charge is 0.210 e. The number of aromatic hydroxyl groups is 2. The second kappa shape index (κ2) is 5.15. The lowest BCUT2D eigenvalue weighted by Gasteiger charge is -2.06. The van der Waals surface area contributed by atoms with Crippen molar-refractivity contribution in [1.82, 2.24) is 5.32 Å². The Balaban J connectivity index is 2.43. The van der Waals surface area contributed by atoms with Crippen molar-refractivity contribution in [2.75, 3.05) is 12.3 Å². The van der Waals surface area contributed by atoms with Crippen LogP contribution in [0, 0.1) is 0 Å². The van der Waals surface area contributed by atoms with Crippen LogP contribution in [0.15, 0.2) is 18.2 Å². The molecule has 0 fully saturated rings. The van der Waals surface area contributed by atoms with Gasteiger partial charge in [-0.25, -0.2) is 13.6 Å². The van der Waals surface area contributed by atoms with Crippen molar-refractivity contribution in [3.8, 4) is 11.5 Å². The normalized spacial score (nSPS) is 11.6. The molecule has 1 aromatic rings. The molecule has 5 N–H and O–H groups in total. The summed E-state index contributed by atoms with van der Waals surface area (Å²) in [6, 6.07) is 4.21. The Labute approximate surface area is 93.8 Å². The average Bonchev–Trinajstić information content (AvgIpc) is 2.13. The second-order valence-electron chi connectivity index (χ2n) is 3.36. The number of hydrogen-bond donors (Lipinski definition) is 4. The van der Waals surface area contributed by atoms with Crippen molar-refractivity contribution in [2.45, 2.75) is 6.54 Å². The maximum Gasteiger partial charge on any atom is 0.210 e. The molecular weight excluding hydrogens is 232 g/mol. The van der Waals surface area contributed by atoms with E-state index in [2.05, 4.69) is 5.32 Å². The van der Waals surface area contributed by atoms with Gasteiger partial charge >= 0.3 is 0 Å². The monoisotopic (exact) mass is 246 g/mol. The Bertz CT molecular complexity index is 459. The largest absolute Gasteiger partial charge is 0.508 e. The van der Waals surface area contributed by atoms with E-state index in [4.69, 9.17) is 10.2 Å². The van der Waals surface area contributed by atoms with Gasteiger partial charge in [0.15, 0.2) is 0 Å². The fourth-order valence-electron chi connectivity index (χ4n) is 1.14. The van der Waals surface area contributed by atoms with Crippen molar-refractivity contribution >= 4 is 10.0 Å².